The van der Waals surface area contributed by atoms with Crippen LogP contribution in [-0.2, 0) is 0 Å². The first-order chi connectivity index (χ1) is 8.39. The lowest BCUT2D eigenvalue weighted by Gasteiger charge is -2.22. The van der Waals surface area contributed by atoms with E-state index in [1.54, 1.807) is 0 Å². The Labute approximate surface area is 106 Å². The van der Waals surface area contributed by atoms with Gasteiger partial charge in [-0.25, -0.2) is 4.39 Å². The summed E-state index contributed by atoms with van der Waals surface area (Å²) in [6.07, 6.45) is 0. The third-order valence-corrected chi connectivity index (χ3v) is 2.69. The van der Waals surface area contributed by atoms with Gasteiger partial charge in [-0.1, -0.05) is 13.8 Å². The van der Waals surface area contributed by atoms with E-state index in [-0.39, 0.29) is 16.9 Å². The van der Waals surface area contributed by atoms with Crippen LogP contribution in [0.5, 0.6) is 5.75 Å². The Hall–Kier alpha value is -1.62. The van der Waals surface area contributed by atoms with Crippen molar-refractivity contribution in [3.63, 3.8) is 0 Å². The minimum atomic E-state index is -0.473. The number of hydrogen-bond acceptors (Lipinski definition) is 3. The van der Waals surface area contributed by atoms with E-state index in [4.69, 9.17) is 10.5 Å². The van der Waals surface area contributed by atoms with Gasteiger partial charge in [-0.15, -0.1) is 0 Å². The SMILES string of the molecule is COc1ccc(F)cc1C(=O)NCC(C)(C)CN. The largest absolute Gasteiger partial charge is 0.496 e. The van der Waals surface area contributed by atoms with Crippen LogP contribution in [0.15, 0.2) is 18.2 Å². The van der Waals surface area contributed by atoms with Gasteiger partial charge in [0.1, 0.15) is 11.6 Å². The van der Waals surface area contributed by atoms with Gasteiger partial charge < -0.3 is 15.8 Å². The van der Waals surface area contributed by atoms with E-state index in [2.05, 4.69) is 5.32 Å². The average Bonchev–Trinajstić information content (AvgIpc) is 2.36. The maximum atomic E-state index is 13.1. The van der Waals surface area contributed by atoms with Gasteiger partial charge in [0.2, 0.25) is 0 Å². The standard InChI is InChI=1S/C13H19FN2O2/c1-13(2,7-15)8-16-12(17)10-6-9(14)4-5-11(10)18-3/h4-6H,7-8,15H2,1-3H3,(H,16,17). The quantitative estimate of drug-likeness (QED) is 0.838. The topological polar surface area (TPSA) is 64.3 Å². The normalized spacial score (nSPS) is 11.2. The van der Waals surface area contributed by atoms with Crippen LogP contribution in [0, 0.1) is 11.2 Å². The molecule has 0 aromatic heterocycles. The molecule has 1 amide bonds. The van der Waals surface area contributed by atoms with Crippen molar-refractivity contribution in [1.29, 1.82) is 0 Å². The zero-order valence-electron chi connectivity index (χ0n) is 10.9. The second-order valence-electron chi connectivity index (χ2n) is 4.90. The number of nitrogens with one attached hydrogen (secondary N) is 1. The summed E-state index contributed by atoms with van der Waals surface area (Å²) in [7, 11) is 1.44. The summed E-state index contributed by atoms with van der Waals surface area (Å²) in [5.41, 5.74) is 5.56. The Bertz CT molecular complexity index is 433. The fourth-order valence-corrected chi connectivity index (χ4v) is 1.34. The van der Waals surface area contributed by atoms with E-state index in [0.717, 1.165) is 6.07 Å². The van der Waals surface area contributed by atoms with Crippen LogP contribution < -0.4 is 15.8 Å². The molecule has 0 spiro atoms. The lowest BCUT2D eigenvalue weighted by Crippen LogP contribution is -2.38. The summed E-state index contributed by atoms with van der Waals surface area (Å²) in [4.78, 5) is 11.9. The molecular formula is C13H19FN2O2. The second-order valence-corrected chi connectivity index (χ2v) is 4.90. The summed E-state index contributed by atoms with van der Waals surface area (Å²) in [6.45, 7) is 4.75. The number of amides is 1. The van der Waals surface area contributed by atoms with Crippen molar-refractivity contribution >= 4 is 5.91 Å². The highest BCUT2D eigenvalue weighted by molar-refractivity contribution is 5.96. The fourth-order valence-electron chi connectivity index (χ4n) is 1.34. The molecule has 5 heteroatoms. The van der Waals surface area contributed by atoms with Gasteiger partial charge in [0, 0.05) is 6.54 Å². The zero-order valence-corrected chi connectivity index (χ0v) is 10.9. The first-order valence-electron chi connectivity index (χ1n) is 5.71. The number of halogens is 1. The van der Waals surface area contributed by atoms with E-state index in [0.29, 0.717) is 18.8 Å². The highest BCUT2D eigenvalue weighted by Gasteiger charge is 2.19. The monoisotopic (exact) mass is 254 g/mol. The van der Waals surface area contributed by atoms with E-state index in [9.17, 15) is 9.18 Å². The lowest BCUT2D eigenvalue weighted by atomic mass is 9.94. The van der Waals surface area contributed by atoms with Crippen molar-refractivity contribution in [2.24, 2.45) is 11.1 Å². The van der Waals surface area contributed by atoms with E-state index in [1.807, 2.05) is 13.8 Å². The van der Waals surface area contributed by atoms with Crippen LogP contribution in [-0.4, -0.2) is 26.1 Å². The number of rotatable bonds is 5. The number of benzene rings is 1. The van der Waals surface area contributed by atoms with Gasteiger partial charge in [0.25, 0.3) is 5.91 Å². The van der Waals surface area contributed by atoms with Crippen molar-refractivity contribution in [2.45, 2.75) is 13.8 Å². The zero-order chi connectivity index (χ0) is 13.8. The first-order valence-corrected chi connectivity index (χ1v) is 5.71. The minimum Gasteiger partial charge on any atom is -0.496 e. The van der Waals surface area contributed by atoms with Crippen molar-refractivity contribution in [3.8, 4) is 5.75 Å². The maximum Gasteiger partial charge on any atom is 0.255 e. The van der Waals surface area contributed by atoms with Crippen molar-refractivity contribution in [3.05, 3.63) is 29.6 Å². The number of hydrogen-bond donors (Lipinski definition) is 2. The maximum absolute atomic E-state index is 13.1. The molecule has 0 heterocycles. The molecular weight excluding hydrogens is 235 g/mol. The Morgan fingerprint density at radius 2 is 2.17 bits per heavy atom. The second kappa shape index (κ2) is 5.82. The van der Waals surface area contributed by atoms with Gasteiger partial charge in [-0.3, -0.25) is 4.79 Å². The molecule has 0 aliphatic heterocycles. The predicted molar refractivity (Wildman–Crippen MR) is 68.1 cm³/mol. The third kappa shape index (κ3) is 3.70. The Balaban J connectivity index is 2.81. The number of ether oxygens (including phenoxy) is 1. The number of nitrogens with two attached hydrogens (primary N) is 1. The molecule has 0 atom stereocenters. The molecule has 0 unspecified atom stereocenters. The third-order valence-electron chi connectivity index (χ3n) is 2.69. The molecule has 100 valence electrons. The van der Waals surface area contributed by atoms with E-state index in [1.165, 1.54) is 19.2 Å². The summed E-state index contributed by atoms with van der Waals surface area (Å²) >= 11 is 0. The first kappa shape index (κ1) is 14.4. The summed E-state index contributed by atoms with van der Waals surface area (Å²) in [6, 6.07) is 3.83. The van der Waals surface area contributed by atoms with Gasteiger partial charge in [0.15, 0.2) is 0 Å². The van der Waals surface area contributed by atoms with E-state index < -0.39 is 5.82 Å². The van der Waals surface area contributed by atoms with Crippen LogP contribution in [0.3, 0.4) is 0 Å². The highest BCUT2D eigenvalue weighted by Crippen LogP contribution is 2.19. The van der Waals surface area contributed by atoms with Crippen LogP contribution in [0.2, 0.25) is 0 Å². The number of methoxy groups -OCH3 is 1. The smallest absolute Gasteiger partial charge is 0.255 e. The molecule has 18 heavy (non-hydrogen) atoms. The van der Waals surface area contributed by atoms with Gasteiger partial charge in [-0.05, 0) is 30.2 Å². The molecule has 0 fully saturated rings. The molecule has 0 saturated carbocycles. The molecule has 0 radical (unpaired) electrons. The molecule has 4 nitrogen and oxygen atoms in total. The summed E-state index contributed by atoms with van der Waals surface area (Å²) in [5, 5.41) is 2.73. The van der Waals surface area contributed by atoms with Gasteiger partial charge in [-0.2, -0.15) is 0 Å². The van der Waals surface area contributed by atoms with Gasteiger partial charge >= 0.3 is 0 Å². The molecule has 0 bridgehead atoms. The fraction of sp³-hybridized carbons (Fsp3) is 0.462. The molecule has 0 aliphatic carbocycles. The molecule has 0 aliphatic rings. The minimum absolute atomic E-state index is 0.185. The Morgan fingerprint density at radius 1 is 1.50 bits per heavy atom. The summed E-state index contributed by atoms with van der Waals surface area (Å²) < 4.78 is 18.2. The highest BCUT2D eigenvalue weighted by atomic mass is 19.1. The predicted octanol–water partition coefficient (Wildman–Crippen LogP) is 1.55. The van der Waals surface area contributed by atoms with Crippen LogP contribution in [0.4, 0.5) is 4.39 Å². The number of carbonyl (C=O) groups excluding carboxylic acids is 1. The molecule has 1 rings (SSSR count). The summed E-state index contributed by atoms with van der Waals surface area (Å²) in [5.74, 6) is -0.494. The molecule has 1 aromatic carbocycles. The Morgan fingerprint density at radius 3 is 2.72 bits per heavy atom. The van der Waals surface area contributed by atoms with Gasteiger partial charge in [0.05, 0.1) is 12.7 Å². The Kier molecular flexibility index (Phi) is 4.67. The molecule has 3 N–H and O–H groups in total. The van der Waals surface area contributed by atoms with Crippen LogP contribution in [0.25, 0.3) is 0 Å². The molecule has 1 aromatic rings. The van der Waals surface area contributed by atoms with Crippen molar-refractivity contribution in [1.82, 2.24) is 5.32 Å². The number of carbonyl (C=O) groups is 1. The lowest BCUT2D eigenvalue weighted by molar-refractivity contribution is 0.0934. The van der Waals surface area contributed by atoms with Crippen molar-refractivity contribution in [2.75, 3.05) is 20.2 Å². The van der Waals surface area contributed by atoms with Crippen molar-refractivity contribution < 1.29 is 13.9 Å². The average molecular weight is 254 g/mol. The van der Waals surface area contributed by atoms with Crippen LogP contribution >= 0.6 is 0 Å². The molecule has 0 saturated heterocycles. The van der Waals surface area contributed by atoms with Crippen LogP contribution in [0.1, 0.15) is 24.2 Å². The van der Waals surface area contributed by atoms with E-state index >= 15 is 0 Å².